The number of benzene rings is 2. The lowest BCUT2D eigenvalue weighted by molar-refractivity contribution is 0.0983. The quantitative estimate of drug-likeness (QED) is 0.761. The van der Waals surface area contributed by atoms with Crippen LogP contribution in [0.2, 0.25) is 0 Å². The van der Waals surface area contributed by atoms with E-state index in [2.05, 4.69) is 0 Å². The van der Waals surface area contributed by atoms with Crippen LogP contribution in [-0.4, -0.2) is 19.9 Å². The van der Waals surface area contributed by atoms with Gasteiger partial charge in [-0.3, -0.25) is 4.79 Å². The molecule has 0 saturated heterocycles. The van der Waals surface area contributed by atoms with Crippen LogP contribution in [0.25, 0.3) is 0 Å². The maximum atomic E-state index is 12.3. The van der Waals surface area contributed by atoms with Gasteiger partial charge < -0.3 is 4.90 Å². The molecule has 0 radical (unpaired) electrons. The molecule has 0 N–H and O–H groups in total. The van der Waals surface area contributed by atoms with Gasteiger partial charge in [0.15, 0.2) is 5.78 Å². The topological polar surface area (TPSA) is 20.3 Å². The van der Waals surface area contributed by atoms with Crippen LogP contribution in [0.4, 0.5) is 5.69 Å². The number of rotatable bonds is 5. The standard InChI is InChI=1S/C17H19NO/c1-18(2)16-11-9-15(10-12-16)17(19)13-8-14-6-4-3-5-7-14/h3-7,9-12H,8,13H2,1-2H3/i8D,13D. The second-order valence-electron chi connectivity index (χ2n) is 4.55. The van der Waals surface area contributed by atoms with Gasteiger partial charge in [0, 0.05) is 34.5 Å². The number of hydrogen-bond acceptors (Lipinski definition) is 2. The molecule has 98 valence electrons. The van der Waals surface area contributed by atoms with E-state index in [0.29, 0.717) is 11.1 Å². The number of Topliss-reactive ketones (excluding diaryl/α,β-unsaturated/α-hetero) is 1. The fourth-order valence-electron chi connectivity index (χ4n) is 1.76. The summed E-state index contributed by atoms with van der Waals surface area (Å²) < 4.78 is 16.1. The van der Waals surface area contributed by atoms with E-state index < -0.39 is 12.8 Å². The summed E-state index contributed by atoms with van der Waals surface area (Å²) in [4.78, 5) is 14.3. The summed E-state index contributed by atoms with van der Waals surface area (Å²) >= 11 is 0. The van der Waals surface area contributed by atoms with Crippen LogP contribution in [-0.2, 0) is 6.40 Å². The highest BCUT2D eigenvalue weighted by Gasteiger charge is 2.06. The van der Waals surface area contributed by atoms with Crippen LogP contribution in [0.1, 0.15) is 25.1 Å². The molecule has 0 amide bonds. The summed E-state index contributed by atoms with van der Waals surface area (Å²) in [5.41, 5.74) is 2.17. The molecular weight excluding hydrogens is 234 g/mol. The van der Waals surface area contributed by atoms with Crippen molar-refractivity contribution in [3.05, 3.63) is 65.7 Å². The minimum atomic E-state index is -1.11. The summed E-state index contributed by atoms with van der Waals surface area (Å²) in [6, 6.07) is 16.2. The monoisotopic (exact) mass is 255 g/mol. The van der Waals surface area contributed by atoms with Crippen LogP contribution in [0.15, 0.2) is 54.6 Å². The van der Waals surface area contributed by atoms with Crippen LogP contribution in [0, 0.1) is 0 Å². The molecular formula is C17H19NO. The second kappa shape index (κ2) is 6.19. The number of carbonyl (C=O) groups is 1. The fourth-order valence-corrected chi connectivity index (χ4v) is 1.76. The van der Waals surface area contributed by atoms with Gasteiger partial charge in [0.25, 0.3) is 0 Å². The summed E-state index contributed by atoms with van der Waals surface area (Å²) in [5, 5.41) is 0. The van der Waals surface area contributed by atoms with Gasteiger partial charge in [0.1, 0.15) is 0 Å². The van der Waals surface area contributed by atoms with Crippen LogP contribution in [0.3, 0.4) is 0 Å². The Morgan fingerprint density at radius 1 is 1.05 bits per heavy atom. The molecule has 0 aliphatic rings. The Balaban J connectivity index is 2.15. The molecule has 0 bridgehead atoms. The summed E-state index contributed by atoms with van der Waals surface area (Å²) in [7, 11) is 3.86. The Morgan fingerprint density at radius 2 is 1.68 bits per heavy atom. The van der Waals surface area contributed by atoms with Crippen molar-refractivity contribution in [1.82, 2.24) is 0 Å². The number of ketones is 1. The average Bonchev–Trinajstić information content (AvgIpc) is 2.53. The molecule has 0 aliphatic carbocycles. The van der Waals surface area contributed by atoms with Crippen molar-refractivity contribution in [3.63, 3.8) is 0 Å². The molecule has 2 rings (SSSR count). The first-order valence-corrected chi connectivity index (χ1v) is 6.21. The fraction of sp³-hybridized carbons (Fsp3) is 0.235. The summed E-state index contributed by atoms with van der Waals surface area (Å²) in [6.07, 6.45) is -1.98. The largest absolute Gasteiger partial charge is 0.378 e. The van der Waals surface area contributed by atoms with E-state index in [0.717, 1.165) is 5.69 Å². The van der Waals surface area contributed by atoms with E-state index in [1.54, 1.807) is 24.3 Å². The minimum Gasteiger partial charge on any atom is -0.378 e. The first kappa shape index (κ1) is 10.8. The molecule has 0 spiro atoms. The Kier molecular flexibility index (Phi) is 3.52. The highest BCUT2D eigenvalue weighted by Crippen LogP contribution is 2.14. The number of carbonyl (C=O) groups excluding carboxylic acids is 1. The third kappa shape index (κ3) is 3.68. The van der Waals surface area contributed by atoms with Crippen molar-refractivity contribution in [3.8, 4) is 0 Å². The van der Waals surface area contributed by atoms with Crippen molar-refractivity contribution < 1.29 is 7.54 Å². The van der Waals surface area contributed by atoms with Crippen molar-refractivity contribution in [2.75, 3.05) is 19.0 Å². The molecule has 2 aromatic carbocycles. The number of hydrogen-bond donors (Lipinski definition) is 0. The molecule has 2 unspecified atom stereocenters. The van der Waals surface area contributed by atoms with E-state index in [9.17, 15) is 4.79 Å². The van der Waals surface area contributed by atoms with Gasteiger partial charge in [-0.25, -0.2) is 0 Å². The number of nitrogens with zero attached hydrogens (tertiary/aromatic N) is 1. The molecule has 0 fully saturated rings. The minimum absolute atomic E-state index is 0.316. The molecule has 2 atom stereocenters. The van der Waals surface area contributed by atoms with Gasteiger partial charge in [-0.05, 0) is 36.2 Å². The van der Waals surface area contributed by atoms with E-state index in [1.807, 2.05) is 49.3 Å². The lowest BCUT2D eigenvalue weighted by Gasteiger charge is -2.12. The third-order valence-electron chi connectivity index (χ3n) is 2.89. The van der Waals surface area contributed by atoms with Gasteiger partial charge in [-0.2, -0.15) is 0 Å². The van der Waals surface area contributed by atoms with Crippen LogP contribution < -0.4 is 4.90 Å². The average molecular weight is 255 g/mol. The number of aryl methyl sites for hydroxylation is 1. The molecule has 0 heterocycles. The maximum absolute atomic E-state index is 12.3. The van der Waals surface area contributed by atoms with Crippen LogP contribution in [0.5, 0.6) is 0 Å². The molecule has 2 nitrogen and oxygen atoms in total. The molecule has 0 aliphatic heterocycles. The first-order chi connectivity index (χ1) is 10.0. The predicted octanol–water partition coefficient (Wildman–Crippen LogP) is 3.57. The predicted molar refractivity (Wildman–Crippen MR) is 79.9 cm³/mol. The van der Waals surface area contributed by atoms with Crippen molar-refractivity contribution in [2.45, 2.75) is 12.8 Å². The van der Waals surface area contributed by atoms with E-state index in [1.165, 1.54) is 0 Å². The SMILES string of the molecule is [2H]C(C(=O)c1ccc(N(C)C)cc1)C([2H])c1ccccc1. The Labute approximate surface area is 117 Å². The van der Waals surface area contributed by atoms with Gasteiger partial charge in [-0.1, -0.05) is 30.3 Å². The van der Waals surface area contributed by atoms with Gasteiger partial charge in [0.05, 0.1) is 0 Å². The maximum Gasteiger partial charge on any atom is 0.163 e. The van der Waals surface area contributed by atoms with Gasteiger partial charge in [0.2, 0.25) is 0 Å². The van der Waals surface area contributed by atoms with Crippen molar-refractivity contribution in [1.29, 1.82) is 0 Å². The smallest absolute Gasteiger partial charge is 0.163 e. The number of anilines is 1. The first-order valence-electron chi connectivity index (χ1n) is 7.37. The lowest BCUT2D eigenvalue weighted by Crippen LogP contribution is -2.09. The van der Waals surface area contributed by atoms with Crippen LogP contribution >= 0.6 is 0 Å². The highest BCUT2D eigenvalue weighted by atomic mass is 16.1. The third-order valence-corrected chi connectivity index (χ3v) is 2.89. The molecule has 0 saturated carbocycles. The van der Waals surface area contributed by atoms with E-state index in [4.69, 9.17) is 2.74 Å². The zero-order chi connectivity index (χ0) is 15.4. The second-order valence-corrected chi connectivity index (χ2v) is 4.55. The normalized spacial score (nSPS) is 15.1. The Hall–Kier alpha value is -2.09. The zero-order valence-electron chi connectivity index (χ0n) is 13.2. The lowest BCUT2D eigenvalue weighted by atomic mass is 10.0. The molecule has 2 heteroatoms. The van der Waals surface area contributed by atoms with E-state index in [-0.39, 0.29) is 5.78 Å². The summed E-state index contributed by atoms with van der Waals surface area (Å²) in [6.45, 7) is 0. The van der Waals surface area contributed by atoms with Crippen molar-refractivity contribution in [2.24, 2.45) is 0 Å². The van der Waals surface area contributed by atoms with Gasteiger partial charge in [-0.15, -0.1) is 0 Å². The molecule has 19 heavy (non-hydrogen) atoms. The Bertz CT molecular complexity index is 596. The summed E-state index contributed by atoms with van der Waals surface area (Å²) in [5.74, 6) is -0.316. The van der Waals surface area contributed by atoms with Crippen molar-refractivity contribution >= 4 is 11.5 Å². The highest BCUT2D eigenvalue weighted by molar-refractivity contribution is 5.96. The Morgan fingerprint density at radius 3 is 2.26 bits per heavy atom. The van der Waals surface area contributed by atoms with E-state index >= 15 is 0 Å². The molecule has 0 aromatic heterocycles. The molecule has 2 aromatic rings. The zero-order valence-corrected chi connectivity index (χ0v) is 11.2. The van der Waals surface area contributed by atoms with Gasteiger partial charge >= 0.3 is 0 Å².